The average Bonchev–Trinajstić information content (AvgIpc) is 3.12. The summed E-state index contributed by atoms with van der Waals surface area (Å²) < 4.78 is 41.4. The molecule has 0 saturated carbocycles. The molecule has 0 radical (unpaired) electrons. The van der Waals surface area contributed by atoms with Gasteiger partial charge in [0.2, 0.25) is 5.91 Å². The Hall–Kier alpha value is -3.52. The third kappa shape index (κ3) is 2.65. The number of carbonyl (C=O) groups is 2. The molecule has 162 valence electrons. The summed E-state index contributed by atoms with van der Waals surface area (Å²) in [5.74, 6) is -2.74. The minimum Gasteiger partial charge on any atom is -0.304 e. The molecule has 0 aromatic heterocycles. The molecule has 3 aromatic rings. The van der Waals surface area contributed by atoms with Crippen molar-refractivity contribution in [1.82, 2.24) is 0 Å². The first kappa shape index (κ1) is 20.4. The molecule has 2 aliphatic rings. The minimum absolute atomic E-state index is 0.157. The van der Waals surface area contributed by atoms with Crippen molar-refractivity contribution in [2.45, 2.75) is 18.3 Å². The van der Waals surface area contributed by atoms with Crippen LogP contribution in [0.25, 0.3) is 0 Å². The molecule has 1 atom stereocenters. The molecule has 8 heteroatoms. The van der Waals surface area contributed by atoms with E-state index in [4.69, 9.17) is 0 Å². The molecule has 0 aliphatic carbocycles. The molecular weight excluding hydrogens is 431 g/mol. The van der Waals surface area contributed by atoms with Crippen molar-refractivity contribution < 1.29 is 22.4 Å². The van der Waals surface area contributed by atoms with Gasteiger partial charge in [0.1, 0.15) is 11.6 Å². The van der Waals surface area contributed by atoms with Crippen LogP contribution in [0, 0.1) is 12.7 Å². The third-order valence-corrected chi connectivity index (χ3v) is 8.07. The zero-order chi connectivity index (χ0) is 22.7. The number of halogens is 1. The smallest absolute Gasteiger partial charge is 0.274 e. The Kier molecular flexibility index (Phi) is 4.46. The minimum atomic E-state index is -4.25. The highest BCUT2D eigenvalue weighted by Gasteiger charge is 2.69. The van der Waals surface area contributed by atoms with E-state index in [2.05, 4.69) is 0 Å². The van der Waals surface area contributed by atoms with E-state index >= 15 is 0 Å². The van der Waals surface area contributed by atoms with Crippen LogP contribution in [0.15, 0.2) is 72.8 Å². The van der Waals surface area contributed by atoms with Crippen molar-refractivity contribution in [2.75, 3.05) is 15.6 Å². The Morgan fingerprint density at radius 2 is 1.69 bits per heavy atom. The number of rotatable bonds is 3. The zero-order valence-electron chi connectivity index (χ0n) is 17.2. The van der Waals surface area contributed by atoms with Crippen molar-refractivity contribution in [3.8, 4) is 0 Å². The number of aryl methyl sites for hydroxylation is 1. The summed E-state index contributed by atoms with van der Waals surface area (Å²) in [4.78, 5) is 27.1. The Balaban J connectivity index is 1.76. The summed E-state index contributed by atoms with van der Waals surface area (Å²) in [5, 5.41) is 0. The van der Waals surface area contributed by atoms with E-state index in [9.17, 15) is 22.4 Å². The maximum absolute atomic E-state index is 14.4. The van der Waals surface area contributed by atoms with Crippen molar-refractivity contribution in [2.24, 2.45) is 0 Å². The van der Waals surface area contributed by atoms with Gasteiger partial charge in [0.05, 0.1) is 12.2 Å². The lowest BCUT2D eigenvalue weighted by atomic mass is 10.0. The van der Waals surface area contributed by atoms with Gasteiger partial charge in [-0.3, -0.25) is 14.5 Å². The average molecular weight is 450 g/mol. The number of amides is 2. The van der Waals surface area contributed by atoms with Crippen LogP contribution in [-0.2, 0) is 30.8 Å². The Morgan fingerprint density at radius 1 is 0.969 bits per heavy atom. The van der Waals surface area contributed by atoms with Gasteiger partial charge in [-0.15, -0.1) is 0 Å². The number of fused-ring (bicyclic) bond motifs is 2. The predicted octanol–water partition coefficient (Wildman–Crippen LogP) is 3.30. The molecule has 2 heterocycles. The first-order valence-electron chi connectivity index (χ1n) is 10.0. The van der Waals surface area contributed by atoms with Crippen molar-refractivity contribution in [3.05, 3.63) is 95.3 Å². The molecule has 6 nitrogen and oxygen atoms in total. The van der Waals surface area contributed by atoms with Gasteiger partial charge in [0.15, 0.2) is 9.84 Å². The van der Waals surface area contributed by atoms with E-state index in [1.165, 1.54) is 11.0 Å². The van der Waals surface area contributed by atoms with E-state index in [1.807, 2.05) is 13.0 Å². The SMILES string of the molecule is Cc1cccc(N2C(=O)CS(=O)(=O)C23C(=O)N(Cc2ccccc2F)c2ccccc23)c1. The second-order valence-electron chi connectivity index (χ2n) is 7.97. The second kappa shape index (κ2) is 7.00. The van der Waals surface area contributed by atoms with E-state index in [1.54, 1.807) is 60.7 Å². The molecular formula is C24H19FN2O4S. The highest BCUT2D eigenvalue weighted by molar-refractivity contribution is 7.94. The van der Waals surface area contributed by atoms with Crippen molar-refractivity contribution in [1.29, 1.82) is 0 Å². The Bertz CT molecular complexity index is 1390. The molecule has 32 heavy (non-hydrogen) atoms. The van der Waals surface area contributed by atoms with E-state index in [-0.39, 0.29) is 17.7 Å². The van der Waals surface area contributed by atoms with Gasteiger partial charge >= 0.3 is 0 Å². The molecule has 1 unspecified atom stereocenters. The lowest BCUT2D eigenvalue weighted by Gasteiger charge is -2.32. The van der Waals surface area contributed by atoms with Gasteiger partial charge in [0.25, 0.3) is 10.8 Å². The van der Waals surface area contributed by atoms with Crippen LogP contribution < -0.4 is 9.80 Å². The van der Waals surface area contributed by atoms with Crippen molar-refractivity contribution in [3.63, 3.8) is 0 Å². The van der Waals surface area contributed by atoms with Crippen LogP contribution in [-0.4, -0.2) is 26.0 Å². The molecule has 5 rings (SSSR count). The molecule has 3 aromatic carbocycles. The summed E-state index contributed by atoms with van der Waals surface area (Å²) in [5.41, 5.74) is 1.94. The zero-order valence-corrected chi connectivity index (χ0v) is 18.0. The molecule has 1 spiro atoms. The largest absolute Gasteiger partial charge is 0.304 e. The highest BCUT2D eigenvalue weighted by Crippen LogP contribution is 2.52. The lowest BCUT2D eigenvalue weighted by molar-refractivity contribution is -0.123. The predicted molar refractivity (Wildman–Crippen MR) is 118 cm³/mol. The first-order valence-corrected chi connectivity index (χ1v) is 11.7. The number of hydrogen-bond acceptors (Lipinski definition) is 4. The van der Waals surface area contributed by atoms with Gasteiger partial charge in [-0.2, -0.15) is 0 Å². The monoisotopic (exact) mass is 450 g/mol. The fourth-order valence-electron chi connectivity index (χ4n) is 4.61. The molecule has 1 saturated heterocycles. The van der Waals surface area contributed by atoms with Gasteiger partial charge < -0.3 is 4.90 Å². The van der Waals surface area contributed by atoms with Gasteiger partial charge in [-0.25, -0.2) is 12.8 Å². The normalized spacial score (nSPS) is 21.4. The van der Waals surface area contributed by atoms with Crippen LogP contribution in [0.2, 0.25) is 0 Å². The van der Waals surface area contributed by atoms with Crippen LogP contribution >= 0.6 is 0 Å². The van der Waals surface area contributed by atoms with Crippen molar-refractivity contribution >= 4 is 33.0 Å². The number of para-hydroxylation sites is 1. The summed E-state index contributed by atoms with van der Waals surface area (Å²) in [6, 6.07) is 19.3. The lowest BCUT2D eigenvalue weighted by Crippen LogP contribution is -2.54. The number of sulfone groups is 1. The molecule has 1 fully saturated rings. The number of nitrogens with zero attached hydrogens (tertiary/aromatic N) is 2. The summed E-state index contributed by atoms with van der Waals surface area (Å²) >= 11 is 0. The van der Waals surface area contributed by atoms with Gasteiger partial charge in [0, 0.05) is 16.8 Å². The molecule has 0 bridgehead atoms. The first-order chi connectivity index (χ1) is 15.3. The topological polar surface area (TPSA) is 74.8 Å². The van der Waals surface area contributed by atoms with Crippen LogP contribution in [0.5, 0.6) is 0 Å². The fraction of sp³-hybridized carbons (Fsp3) is 0.167. The third-order valence-electron chi connectivity index (χ3n) is 5.97. The fourth-order valence-corrected chi connectivity index (χ4v) is 6.65. The summed E-state index contributed by atoms with van der Waals surface area (Å²) in [6.45, 7) is 1.66. The van der Waals surface area contributed by atoms with Gasteiger partial charge in [-0.1, -0.05) is 48.5 Å². The number of carbonyl (C=O) groups excluding carboxylic acids is 2. The van der Waals surface area contributed by atoms with Gasteiger partial charge in [-0.05, 0) is 36.8 Å². The number of hydrogen-bond donors (Lipinski definition) is 0. The van der Waals surface area contributed by atoms with E-state index < -0.39 is 38.1 Å². The number of anilines is 2. The summed E-state index contributed by atoms with van der Waals surface area (Å²) in [7, 11) is -4.25. The van der Waals surface area contributed by atoms with Crippen LogP contribution in [0.1, 0.15) is 16.7 Å². The maximum atomic E-state index is 14.4. The van der Waals surface area contributed by atoms with Crippen LogP contribution in [0.4, 0.5) is 15.8 Å². The molecule has 2 aliphatic heterocycles. The highest BCUT2D eigenvalue weighted by atomic mass is 32.2. The Morgan fingerprint density at radius 3 is 2.44 bits per heavy atom. The van der Waals surface area contributed by atoms with Crippen LogP contribution in [0.3, 0.4) is 0 Å². The van der Waals surface area contributed by atoms with E-state index in [0.717, 1.165) is 10.5 Å². The standard InChI is InChI=1S/C24H19FN2O4S/c1-16-7-6-9-18(13-16)27-22(28)15-32(30,31)24(27)19-10-3-5-12-21(19)26(23(24)29)14-17-8-2-4-11-20(17)25/h2-13H,14-15H2,1H3. The van der Waals surface area contributed by atoms with E-state index in [0.29, 0.717) is 11.4 Å². The molecule has 2 amide bonds. The number of benzene rings is 3. The second-order valence-corrected chi connectivity index (χ2v) is 10.1. The summed E-state index contributed by atoms with van der Waals surface area (Å²) in [6.07, 6.45) is 0. The molecule has 0 N–H and O–H groups in total. The quantitative estimate of drug-likeness (QED) is 0.614. The Labute approximate surface area is 184 Å². The maximum Gasteiger partial charge on any atom is 0.274 e.